The van der Waals surface area contributed by atoms with Gasteiger partial charge in [0, 0.05) is 41.1 Å². The standard InChI is InChI=1S/C27H35N3O7Si/c1-16-24(38(3,4)35)22(14-23(32)29-11-5-7-18(29)15-31)37-27(16)19-13-17(9-10-20(19)28-26(27)34)30-12-6-8-21(36-2)25(30)33/h6,8-10,12-13,16,18,22,24,31,35H,5,7,11,14-15H2,1-4H3,(H,28,34)/t16-,18+,22+,24-,27+/m1/s1. The van der Waals surface area contributed by atoms with Crippen molar-refractivity contribution in [2.75, 3.05) is 25.6 Å². The van der Waals surface area contributed by atoms with E-state index in [-0.39, 0.29) is 42.2 Å². The normalized spacial score (nSPS) is 28.6. The van der Waals surface area contributed by atoms with Crippen molar-refractivity contribution in [3.63, 3.8) is 0 Å². The lowest BCUT2D eigenvalue weighted by Crippen LogP contribution is -2.44. The number of nitrogens with one attached hydrogen (secondary N) is 1. The summed E-state index contributed by atoms with van der Waals surface area (Å²) in [7, 11) is -1.49. The second-order valence-electron chi connectivity index (χ2n) is 11.1. The fraction of sp³-hybridized carbons (Fsp3) is 0.519. The molecule has 2 amide bonds. The Hall–Kier alpha value is -2.99. The molecular weight excluding hydrogens is 506 g/mol. The van der Waals surface area contributed by atoms with E-state index >= 15 is 0 Å². The van der Waals surface area contributed by atoms with Crippen molar-refractivity contribution in [3.05, 3.63) is 52.4 Å². The Morgan fingerprint density at radius 1 is 1.29 bits per heavy atom. The van der Waals surface area contributed by atoms with Gasteiger partial charge in [0.15, 0.2) is 19.7 Å². The molecule has 5 rings (SSSR count). The van der Waals surface area contributed by atoms with Crippen molar-refractivity contribution in [1.82, 2.24) is 9.47 Å². The third-order valence-corrected chi connectivity index (χ3v) is 10.9. The second-order valence-corrected chi connectivity index (χ2v) is 15.0. The van der Waals surface area contributed by atoms with Gasteiger partial charge >= 0.3 is 0 Å². The second kappa shape index (κ2) is 9.64. The molecule has 0 radical (unpaired) electrons. The van der Waals surface area contributed by atoms with Gasteiger partial charge in [0.1, 0.15) is 0 Å². The zero-order valence-electron chi connectivity index (χ0n) is 22.1. The molecule has 204 valence electrons. The Morgan fingerprint density at radius 3 is 2.74 bits per heavy atom. The maximum atomic E-state index is 13.6. The number of rotatable bonds is 6. The van der Waals surface area contributed by atoms with Crippen molar-refractivity contribution in [2.45, 2.75) is 62.6 Å². The maximum absolute atomic E-state index is 13.6. The number of hydrogen-bond acceptors (Lipinski definition) is 7. The highest BCUT2D eigenvalue weighted by Crippen LogP contribution is 2.58. The number of fused-ring (bicyclic) bond motifs is 2. The number of carbonyl (C=O) groups excluding carboxylic acids is 2. The van der Waals surface area contributed by atoms with Crippen LogP contribution in [0.15, 0.2) is 41.3 Å². The minimum Gasteiger partial charge on any atom is -0.491 e. The minimum absolute atomic E-state index is 0.0158. The molecule has 38 heavy (non-hydrogen) atoms. The lowest BCUT2D eigenvalue weighted by molar-refractivity contribution is -0.148. The van der Waals surface area contributed by atoms with Gasteiger partial charge in [0.05, 0.1) is 32.3 Å². The number of ether oxygens (including phenoxy) is 2. The van der Waals surface area contributed by atoms with Crippen molar-refractivity contribution in [2.24, 2.45) is 5.92 Å². The summed E-state index contributed by atoms with van der Waals surface area (Å²) in [5.74, 6) is -0.730. The molecule has 11 heteroatoms. The summed E-state index contributed by atoms with van der Waals surface area (Å²) in [4.78, 5) is 52.9. The predicted octanol–water partition coefficient (Wildman–Crippen LogP) is 1.97. The number of pyridine rings is 1. The lowest BCUT2D eigenvalue weighted by Gasteiger charge is -2.32. The summed E-state index contributed by atoms with van der Waals surface area (Å²) in [6, 6.07) is 8.32. The van der Waals surface area contributed by atoms with Crippen LogP contribution in [0.1, 0.15) is 31.7 Å². The average Bonchev–Trinajstić information content (AvgIpc) is 3.54. The van der Waals surface area contributed by atoms with Crippen molar-refractivity contribution < 1.29 is 29.0 Å². The zero-order valence-corrected chi connectivity index (χ0v) is 23.1. The number of aromatic nitrogens is 1. The van der Waals surface area contributed by atoms with Crippen LogP contribution in [0, 0.1) is 5.92 Å². The van der Waals surface area contributed by atoms with E-state index in [1.807, 2.05) is 6.92 Å². The highest BCUT2D eigenvalue weighted by molar-refractivity contribution is 6.71. The van der Waals surface area contributed by atoms with Crippen LogP contribution in [0.3, 0.4) is 0 Å². The SMILES string of the molecule is COc1cccn(-c2ccc3c(c2)[C@]2(O[C@@H](CC(=O)N4CCC[C@H]4CO)[C@H]([Si](C)(C)O)[C@H]2C)C(=O)N3)c1=O. The third kappa shape index (κ3) is 4.08. The number of hydrogen-bond donors (Lipinski definition) is 3. The van der Waals surface area contributed by atoms with Gasteiger partial charge in [0.2, 0.25) is 5.91 Å². The van der Waals surface area contributed by atoms with Crippen LogP contribution in [-0.2, 0) is 19.9 Å². The monoisotopic (exact) mass is 541 g/mol. The molecule has 0 bridgehead atoms. The highest BCUT2D eigenvalue weighted by Gasteiger charge is 2.65. The van der Waals surface area contributed by atoms with Crippen LogP contribution < -0.4 is 15.6 Å². The number of aliphatic hydroxyl groups excluding tert-OH is 1. The van der Waals surface area contributed by atoms with Crippen LogP contribution in [-0.4, -0.2) is 71.9 Å². The number of methoxy groups -OCH3 is 1. The Bertz CT molecular complexity index is 1320. The molecule has 3 aliphatic heterocycles. The largest absolute Gasteiger partial charge is 0.491 e. The number of likely N-dealkylation sites (tertiary alicyclic amines) is 1. The van der Waals surface area contributed by atoms with E-state index in [4.69, 9.17) is 9.47 Å². The third-order valence-electron chi connectivity index (χ3n) is 8.42. The first-order valence-corrected chi connectivity index (χ1v) is 16.1. The fourth-order valence-corrected chi connectivity index (χ4v) is 9.26. The minimum atomic E-state index is -2.92. The van der Waals surface area contributed by atoms with E-state index in [0.29, 0.717) is 23.5 Å². The quantitative estimate of drug-likeness (QED) is 0.477. The van der Waals surface area contributed by atoms with Gasteiger partial charge in [0.25, 0.3) is 11.5 Å². The molecule has 2 saturated heterocycles. The highest BCUT2D eigenvalue weighted by atomic mass is 28.4. The van der Waals surface area contributed by atoms with E-state index in [1.54, 1.807) is 54.5 Å². The van der Waals surface area contributed by atoms with Gasteiger partial charge in [-0.05, 0) is 56.3 Å². The molecule has 2 aromatic rings. The summed E-state index contributed by atoms with van der Waals surface area (Å²) in [6.07, 6.45) is 2.55. The lowest BCUT2D eigenvalue weighted by atomic mass is 9.82. The first-order valence-electron chi connectivity index (χ1n) is 13.1. The van der Waals surface area contributed by atoms with E-state index in [1.165, 1.54) is 11.7 Å². The number of aliphatic hydroxyl groups is 1. The van der Waals surface area contributed by atoms with Crippen LogP contribution in [0.4, 0.5) is 5.69 Å². The Morgan fingerprint density at radius 2 is 2.05 bits per heavy atom. The number of anilines is 1. The van der Waals surface area contributed by atoms with Gasteiger partial charge in [-0.25, -0.2) is 0 Å². The van der Waals surface area contributed by atoms with E-state index in [2.05, 4.69) is 5.32 Å². The Balaban J connectivity index is 1.55. The van der Waals surface area contributed by atoms with E-state index < -0.39 is 31.5 Å². The fourth-order valence-electron chi connectivity index (χ4n) is 6.71. The van der Waals surface area contributed by atoms with E-state index in [9.17, 15) is 24.3 Å². The van der Waals surface area contributed by atoms with Crippen LogP contribution in [0.5, 0.6) is 5.75 Å². The molecule has 1 aromatic carbocycles. The molecule has 10 nitrogen and oxygen atoms in total. The maximum Gasteiger partial charge on any atom is 0.297 e. The Labute approximate surface area is 222 Å². The molecule has 3 N–H and O–H groups in total. The van der Waals surface area contributed by atoms with Gasteiger partial charge in [-0.3, -0.25) is 19.0 Å². The molecule has 0 saturated carbocycles. The van der Waals surface area contributed by atoms with Gasteiger partial charge in [-0.15, -0.1) is 0 Å². The summed E-state index contributed by atoms with van der Waals surface area (Å²) in [5.41, 5.74) is -0.465. The first-order chi connectivity index (χ1) is 18.0. The molecular formula is C27H35N3O7Si. The van der Waals surface area contributed by atoms with E-state index in [0.717, 1.165) is 12.8 Å². The number of nitrogens with zero attached hydrogens (tertiary/aromatic N) is 2. The number of carbonyl (C=O) groups is 2. The number of amides is 2. The molecule has 4 heterocycles. The molecule has 0 unspecified atom stereocenters. The predicted molar refractivity (Wildman–Crippen MR) is 143 cm³/mol. The van der Waals surface area contributed by atoms with Gasteiger partial charge in [-0.2, -0.15) is 0 Å². The molecule has 0 aliphatic carbocycles. The van der Waals surface area contributed by atoms with Crippen molar-refractivity contribution in [3.8, 4) is 11.4 Å². The first kappa shape index (κ1) is 26.6. The summed E-state index contributed by atoms with van der Waals surface area (Å²) in [6.45, 7) is 5.99. The molecule has 1 aromatic heterocycles. The van der Waals surface area contributed by atoms with Crippen LogP contribution in [0.25, 0.3) is 5.69 Å². The summed E-state index contributed by atoms with van der Waals surface area (Å²) >= 11 is 0. The summed E-state index contributed by atoms with van der Waals surface area (Å²) < 4.78 is 13.2. The molecule has 1 spiro atoms. The molecule has 5 atom stereocenters. The summed E-state index contributed by atoms with van der Waals surface area (Å²) in [5, 5.41) is 12.6. The van der Waals surface area contributed by atoms with Gasteiger partial charge in [-0.1, -0.05) is 6.92 Å². The molecule has 2 fully saturated rings. The Kier molecular flexibility index (Phi) is 6.75. The molecule has 3 aliphatic rings. The zero-order chi connectivity index (χ0) is 27.4. The number of benzene rings is 1. The smallest absolute Gasteiger partial charge is 0.297 e. The van der Waals surface area contributed by atoms with Crippen LogP contribution in [0.2, 0.25) is 18.6 Å². The topological polar surface area (TPSA) is 130 Å². The average molecular weight is 542 g/mol. The van der Waals surface area contributed by atoms with Gasteiger partial charge < -0.3 is 29.6 Å². The van der Waals surface area contributed by atoms with Crippen molar-refractivity contribution >= 4 is 25.8 Å². The van der Waals surface area contributed by atoms with Crippen molar-refractivity contribution in [1.29, 1.82) is 0 Å². The van der Waals surface area contributed by atoms with Crippen LogP contribution >= 0.6 is 0 Å².